The fourth-order valence-electron chi connectivity index (χ4n) is 4.64. The van der Waals surface area contributed by atoms with Crippen molar-refractivity contribution in [3.8, 4) is 6.07 Å². The van der Waals surface area contributed by atoms with E-state index in [9.17, 15) is 40.3 Å². The number of halogens is 9. The van der Waals surface area contributed by atoms with E-state index in [2.05, 4.69) is 5.32 Å². The van der Waals surface area contributed by atoms with Crippen LogP contribution in [0, 0.1) is 40.5 Å². The molecule has 1 aliphatic carbocycles. The summed E-state index contributed by atoms with van der Waals surface area (Å²) in [6.07, 6.45) is -11.0. The second kappa shape index (κ2) is 12.0. The summed E-state index contributed by atoms with van der Waals surface area (Å²) in [5.74, 6) is -2.68. The van der Waals surface area contributed by atoms with Crippen molar-refractivity contribution in [1.82, 2.24) is 0 Å². The minimum Gasteiger partial charge on any atom is -0.321 e. The van der Waals surface area contributed by atoms with Crippen molar-refractivity contribution in [1.29, 1.82) is 5.26 Å². The van der Waals surface area contributed by atoms with Gasteiger partial charge in [-0.3, -0.25) is 9.59 Å². The molecule has 1 aliphatic rings. The number of alkyl halides is 7. The Morgan fingerprint density at radius 2 is 1.59 bits per heavy atom. The predicted octanol–water partition coefficient (Wildman–Crippen LogP) is 8.52. The molecule has 1 fully saturated rings. The first-order valence-corrected chi connectivity index (χ1v) is 14.0. The molecule has 0 saturated heterocycles. The van der Waals surface area contributed by atoms with Gasteiger partial charge in [0.15, 0.2) is 5.82 Å². The lowest BCUT2D eigenvalue weighted by atomic mass is 9.92. The van der Waals surface area contributed by atoms with Crippen molar-refractivity contribution in [2.45, 2.75) is 44.7 Å². The molecular weight excluding hydrogens is 713 g/mol. The highest BCUT2D eigenvalue weighted by atomic mass is 127. The van der Waals surface area contributed by atoms with Gasteiger partial charge in [0.05, 0.1) is 28.6 Å². The molecule has 0 aliphatic heterocycles. The molecule has 0 unspecified atom stereocenters. The Balaban J connectivity index is 1.69. The molecule has 14 heteroatoms. The van der Waals surface area contributed by atoms with Crippen LogP contribution in [0.3, 0.4) is 0 Å². The third kappa shape index (κ3) is 6.24. The second-order valence-corrected chi connectivity index (χ2v) is 11.6. The second-order valence-electron chi connectivity index (χ2n) is 10.4. The van der Waals surface area contributed by atoms with Gasteiger partial charge in [-0.2, -0.15) is 31.6 Å². The molecule has 5 nitrogen and oxygen atoms in total. The van der Waals surface area contributed by atoms with Gasteiger partial charge in [0, 0.05) is 21.2 Å². The van der Waals surface area contributed by atoms with E-state index in [4.69, 9.17) is 5.26 Å². The van der Waals surface area contributed by atoms with Crippen molar-refractivity contribution in [3.05, 3.63) is 91.3 Å². The number of rotatable bonds is 7. The summed E-state index contributed by atoms with van der Waals surface area (Å²) >= 11 is 1.35. The Labute approximate surface area is 260 Å². The van der Waals surface area contributed by atoms with Gasteiger partial charge in [-0.25, -0.2) is 8.78 Å². The number of carbonyl (C=O) groups is 2. The molecule has 0 aromatic heterocycles. The molecule has 0 bridgehead atoms. The van der Waals surface area contributed by atoms with Crippen LogP contribution in [0.5, 0.6) is 0 Å². The highest BCUT2D eigenvalue weighted by Gasteiger charge is 2.73. The molecule has 2 amide bonds. The first-order chi connectivity index (χ1) is 20.4. The molecule has 232 valence electrons. The van der Waals surface area contributed by atoms with Gasteiger partial charge in [-0.15, -0.1) is 0 Å². The van der Waals surface area contributed by atoms with Gasteiger partial charge >= 0.3 is 18.0 Å². The quantitative estimate of drug-likeness (QED) is 0.196. The number of nitrogens with zero attached hydrogens (tertiary/aromatic N) is 2. The smallest absolute Gasteiger partial charge is 0.321 e. The van der Waals surface area contributed by atoms with Gasteiger partial charge in [-0.1, -0.05) is 12.1 Å². The highest BCUT2D eigenvalue weighted by molar-refractivity contribution is 14.1. The summed E-state index contributed by atoms with van der Waals surface area (Å²) in [7, 11) is 0. The zero-order valence-electron chi connectivity index (χ0n) is 22.9. The minimum atomic E-state index is -6.32. The molecular formula is C30H22F8IN3O2. The zero-order chi connectivity index (χ0) is 32.8. The maximum atomic E-state index is 15.9. The van der Waals surface area contributed by atoms with E-state index in [1.807, 2.05) is 6.07 Å². The topological polar surface area (TPSA) is 73.2 Å². The number of anilines is 2. The van der Waals surface area contributed by atoms with Crippen LogP contribution in [0.2, 0.25) is 0 Å². The van der Waals surface area contributed by atoms with Crippen LogP contribution in [0.1, 0.15) is 55.8 Å². The van der Waals surface area contributed by atoms with E-state index in [-0.39, 0.29) is 38.5 Å². The van der Waals surface area contributed by atoms with E-state index >= 15 is 4.39 Å². The zero-order valence-corrected chi connectivity index (χ0v) is 25.1. The molecule has 0 atom stereocenters. The van der Waals surface area contributed by atoms with E-state index < -0.39 is 46.8 Å². The van der Waals surface area contributed by atoms with E-state index in [0.717, 1.165) is 25.8 Å². The SMILES string of the molecule is Cc1cc(C#N)ccc1C(=O)N(CC1CC1)c1cccc(C(=O)Nc2c(C)cc(C(F)(C(F)(F)F)C(F)(F)F)cc2I)c1F. The first kappa shape index (κ1) is 33.2. The predicted molar refractivity (Wildman–Crippen MR) is 153 cm³/mol. The summed E-state index contributed by atoms with van der Waals surface area (Å²) in [6.45, 7) is 2.83. The maximum absolute atomic E-state index is 15.9. The normalized spacial score (nSPS) is 13.8. The number of nitrogens with one attached hydrogen (secondary N) is 1. The molecule has 0 spiro atoms. The Hall–Kier alpha value is -3.74. The first-order valence-electron chi connectivity index (χ1n) is 13.0. The van der Waals surface area contributed by atoms with Crippen LogP contribution in [-0.2, 0) is 5.67 Å². The molecule has 1 saturated carbocycles. The number of hydrogen-bond acceptors (Lipinski definition) is 3. The largest absolute Gasteiger partial charge is 0.435 e. The fraction of sp³-hybridized carbons (Fsp3) is 0.300. The monoisotopic (exact) mass is 735 g/mol. The summed E-state index contributed by atoms with van der Waals surface area (Å²) in [4.78, 5) is 28.0. The Morgan fingerprint density at radius 1 is 0.955 bits per heavy atom. The maximum Gasteiger partial charge on any atom is 0.435 e. The number of hydrogen-bond donors (Lipinski definition) is 1. The van der Waals surface area contributed by atoms with Gasteiger partial charge < -0.3 is 10.2 Å². The molecule has 0 radical (unpaired) electrons. The Bertz CT molecular complexity index is 1640. The lowest BCUT2D eigenvalue weighted by molar-refractivity contribution is -0.348. The van der Waals surface area contributed by atoms with E-state index in [1.165, 1.54) is 57.8 Å². The average molecular weight is 735 g/mol. The minimum absolute atomic E-state index is 0.0910. The van der Waals surface area contributed by atoms with Crippen molar-refractivity contribution in [3.63, 3.8) is 0 Å². The van der Waals surface area contributed by atoms with E-state index in [1.54, 1.807) is 6.92 Å². The molecule has 3 aromatic rings. The van der Waals surface area contributed by atoms with Gasteiger partial charge in [0.25, 0.3) is 11.8 Å². The number of nitriles is 1. The average Bonchev–Trinajstić information content (AvgIpc) is 3.76. The number of carbonyl (C=O) groups excluding carboxylic acids is 2. The lowest BCUT2D eigenvalue weighted by Gasteiger charge is -2.31. The Morgan fingerprint density at radius 3 is 2.11 bits per heavy atom. The van der Waals surface area contributed by atoms with Crippen LogP contribution in [-0.4, -0.2) is 30.7 Å². The molecule has 1 N–H and O–H groups in total. The molecule has 0 heterocycles. The summed E-state index contributed by atoms with van der Waals surface area (Å²) in [5.41, 5.74) is -7.75. The van der Waals surface area contributed by atoms with Crippen LogP contribution in [0.15, 0.2) is 48.5 Å². The third-order valence-electron chi connectivity index (χ3n) is 7.19. The summed E-state index contributed by atoms with van der Waals surface area (Å²) in [5, 5.41) is 11.4. The lowest BCUT2D eigenvalue weighted by Crippen LogP contribution is -2.50. The van der Waals surface area contributed by atoms with Crippen LogP contribution < -0.4 is 10.2 Å². The third-order valence-corrected chi connectivity index (χ3v) is 8.04. The fourth-order valence-corrected chi connectivity index (χ4v) is 5.54. The number of benzene rings is 3. The van der Waals surface area contributed by atoms with Crippen molar-refractivity contribution >= 4 is 45.8 Å². The van der Waals surface area contributed by atoms with Crippen LogP contribution >= 0.6 is 22.6 Å². The van der Waals surface area contributed by atoms with Gasteiger partial charge in [0.2, 0.25) is 0 Å². The molecule has 3 aromatic carbocycles. The Kier molecular flexibility index (Phi) is 9.03. The van der Waals surface area contributed by atoms with Crippen LogP contribution in [0.25, 0.3) is 0 Å². The number of amides is 2. The van der Waals surface area contributed by atoms with Crippen molar-refractivity contribution in [2.75, 3.05) is 16.8 Å². The van der Waals surface area contributed by atoms with Crippen molar-refractivity contribution in [2.24, 2.45) is 5.92 Å². The number of aryl methyl sites for hydroxylation is 2. The summed E-state index contributed by atoms with van der Waals surface area (Å²) in [6, 6.07) is 10.7. The van der Waals surface area contributed by atoms with Gasteiger partial charge in [-0.05, 0) is 103 Å². The van der Waals surface area contributed by atoms with Gasteiger partial charge in [0.1, 0.15) is 0 Å². The van der Waals surface area contributed by atoms with Crippen LogP contribution in [0.4, 0.5) is 46.5 Å². The standard InChI is InChI=1S/C30H22F8IN3O2/c1-15-10-18(13-40)8-9-20(15)27(44)42(14-17-6-7-17)23-5-3-4-21(24(23)31)26(43)41-25-16(2)11-19(12-22(25)39)28(32,29(33,34)35)30(36,37)38/h3-5,8-12,17H,6-7,14H2,1-2H3,(H,41,43). The highest BCUT2D eigenvalue weighted by Crippen LogP contribution is 2.54. The van der Waals surface area contributed by atoms with Crippen molar-refractivity contribution < 1.29 is 44.7 Å². The summed E-state index contributed by atoms with van der Waals surface area (Å²) < 4.78 is 110. The van der Waals surface area contributed by atoms with E-state index in [0.29, 0.717) is 23.3 Å². The molecule has 44 heavy (non-hydrogen) atoms. The molecule has 4 rings (SSSR count).